The smallest absolute Gasteiger partial charge is 0.247 e. The van der Waals surface area contributed by atoms with Crippen LogP contribution in [0.15, 0.2) is 29.2 Å². The molecule has 5 heteroatoms. The van der Waals surface area contributed by atoms with Gasteiger partial charge in [-0.2, -0.15) is 5.06 Å². The van der Waals surface area contributed by atoms with Crippen molar-refractivity contribution in [3.8, 4) is 0 Å². The maximum atomic E-state index is 11.9. The van der Waals surface area contributed by atoms with Crippen molar-refractivity contribution in [1.82, 2.24) is 5.06 Å². The highest BCUT2D eigenvalue weighted by Gasteiger charge is 2.03. The van der Waals surface area contributed by atoms with E-state index in [1.54, 1.807) is 19.2 Å². The molecule has 0 saturated carbocycles. The van der Waals surface area contributed by atoms with Gasteiger partial charge in [0.05, 0.1) is 5.75 Å². The maximum Gasteiger partial charge on any atom is 0.247 e. The van der Waals surface area contributed by atoms with E-state index in [1.165, 1.54) is 0 Å². The number of nitrogens with zero attached hydrogens (tertiary/aromatic N) is 1. The average Bonchev–Trinajstić information content (AvgIpc) is 2.16. The Balaban J connectivity index is 2.49. The third-order valence-electron chi connectivity index (χ3n) is 1.71. The molecule has 1 aromatic rings. The predicted molar refractivity (Wildman–Crippen MR) is 56.4 cm³/mol. The summed E-state index contributed by atoms with van der Waals surface area (Å²) in [4.78, 5) is 0.819. The van der Waals surface area contributed by atoms with Crippen LogP contribution in [0.4, 0.5) is 8.78 Å². The van der Waals surface area contributed by atoms with Crippen LogP contribution in [0, 0.1) is 0 Å². The molecule has 0 aliphatic rings. The second-order valence-corrected chi connectivity index (χ2v) is 4.26. The largest absolute Gasteiger partial charge is 0.314 e. The lowest BCUT2D eigenvalue weighted by molar-refractivity contribution is -0.0731. The van der Waals surface area contributed by atoms with Crippen molar-refractivity contribution in [2.75, 3.05) is 12.8 Å². The van der Waals surface area contributed by atoms with Crippen molar-refractivity contribution in [2.24, 2.45) is 0 Å². The number of thioether (sulfide) groups is 1. The number of halogens is 2. The van der Waals surface area contributed by atoms with Gasteiger partial charge in [0, 0.05) is 18.5 Å². The molecule has 15 heavy (non-hydrogen) atoms. The van der Waals surface area contributed by atoms with Crippen LogP contribution in [0.1, 0.15) is 5.56 Å². The molecular weight excluding hydrogens is 220 g/mol. The summed E-state index contributed by atoms with van der Waals surface area (Å²) in [5, 5.41) is 10.1. The summed E-state index contributed by atoms with van der Waals surface area (Å²) in [5.74, 6) is -0.181. The van der Waals surface area contributed by atoms with Crippen molar-refractivity contribution >= 4 is 11.8 Å². The zero-order chi connectivity index (χ0) is 11.3. The minimum atomic E-state index is -2.28. The van der Waals surface area contributed by atoms with Crippen molar-refractivity contribution in [1.29, 1.82) is 0 Å². The van der Waals surface area contributed by atoms with Gasteiger partial charge >= 0.3 is 0 Å². The van der Waals surface area contributed by atoms with Gasteiger partial charge in [0.25, 0.3) is 0 Å². The van der Waals surface area contributed by atoms with Crippen molar-refractivity contribution in [3.05, 3.63) is 29.8 Å². The molecule has 0 spiro atoms. The van der Waals surface area contributed by atoms with Crippen LogP contribution in [0.5, 0.6) is 0 Å². The molecule has 0 atom stereocenters. The molecular formula is C10H13F2NOS. The highest BCUT2D eigenvalue weighted by Crippen LogP contribution is 2.20. The molecule has 0 fully saturated rings. The minimum absolute atomic E-state index is 0.181. The molecule has 84 valence electrons. The van der Waals surface area contributed by atoms with Crippen LogP contribution in [0.3, 0.4) is 0 Å². The topological polar surface area (TPSA) is 23.5 Å². The second-order valence-electron chi connectivity index (χ2n) is 3.16. The molecule has 1 aromatic carbocycles. The molecule has 0 bridgehead atoms. The third kappa shape index (κ3) is 5.11. The Bertz CT molecular complexity index is 290. The Kier molecular flexibility index (Phi) is 5.01. The van der Waals surface area contributed by atoms with Gasteiger partial charge in [-0.1, -0.05) is 12.1 Å². The van der Waals surface area contributed by atoms with Crippen LogP contribution in [0.25, 0.3) is 0 Å². The highest BCUT2D eigenvalue weighted by molar-refractivity contribution is 7.99. The fourth-order valence-electron chi connectivity index (χ4n) is 1.11. The first-order valence-electron chi connectivity index (χ1n) is 4.48. The lowest BCUT2D eigenvalue weighted by atomic mass is 10.2. The van der Waals surface area contributed by atoms with E-state index in [-0.39, 0.29) is 5.75 Å². The van der Waals surface area contributed by atoms with E-state index in [0.717, 1.165) is 27.3 Å². The normalized spacial score (nSPS) is 11.3. The number of hydroxylamine groups is 2. The fraction of sp³-hybridized carbons (Fsp3) is 0.400. The van der Waals surface area contributed by atoms with Crippen molar-refractivity contribution < 1.29 is 14.0 Å². The molecule has 0 radical (unpaired) electrons. The van der Waals surface area contributed by atoms with E-state index in [2.05, 4.69) is 0 Å². The molecule has 0 amide bonds. The number of hydrogen-bond acceptors (Lipinski definition) is 3. The zero-order valence-electron chi connectivity index (χ0n) is 8.36. The summed E-state index contributed by atoms with van der Waals surface area (Å²) < 4.78 is 23.8. The predicted octanol–water partition coefficient (Wildman–Crippen LogP) is 2.86. The summed E-state index contributed by atoms with van der Waals surface area (Å²) in [6.45, 7) is 0.430. The summed E-state index contributed by atoms with van der Waals surface area (Å²) in [5.41, 5.74) is 0.946. The molecule has 0 heterocycles. The summed E-state index contributed by atoms with van der Waals surface area (Å²) in [6.07, 6.45) is -2.28. The van der Waals surface area contributed by atoms with Gasteiger partial charge in [-0.3, -0.25) is 0 Å². The van der Waals surface area contributed by atoms with E-state index in [1.807, 2.05) is 12.1 Å². The first-order valence-corrected chi connectivity index (χ1v) is 5.46. The van der Waals surface area contributed by atoms with Gasteiger partial charge in [0.1, 0.15) is 0 Å². The minimum Gasteiger partial charge on any atom is -0.314 e. The van der Waals surface area contributed by atoms with Crippen molar-refractivity contribution in [2.45, 2.75) is 17.9 Å². The quantitative estimate of drug-likeness (QED) is 0.625. The SMILES string of the molecule is CN(O)Cc1ccc(SCC(F)F)cc1. The van der Waals surface area contributed by atoms with Crippen LogP contribution >= 0.6 is 11.8 Å². The number of benzene rings is 1. The second kappa shape index (κ2) is 6.05. The number of alkyl halides is 2. The Hall–Kier alpha value is -0.650. The first-order chi connectivity index (χ1) is 7.08. The van der Waals surface area contributed by atoms with Crippen LogP contribution in [-0.2, 0) is 6.54 Å². The van der Waals surface area contributed by atoms with Gasteiger partial charge < -0.3 is 5.21 Å². The van der Waals surface area contributed by atoms with E-state index in [0.29, 0.717) is 6.54 Å². The van der Waals surface area contributed by atoms with E-state index in [9.17, 15) is 8.78 Å². The standard InChI is InChI=1S/C10H13F2NOS/c1-13(14)6-8-2-4-9(5-3-8)15-7-10(11)12/h2-5,10,14H,6-7H2,1H3. The highest BCUT2D eigenvalue weighted by atomic mass is 32.2. The fourth-order valence-corrected chi connectivity index (χ4v) is 1.76. The summed E-state index contributed by atoms with van der Waals surface area (Å²) in [6, 6.07) is 7.21. The Morgan fingerprint density at radius 1 is 1.33 bits per heavy atom. The van der Waals surface area contributed by atoms with Gasteiger partial charge in [-0.15, -0.1) is 11.8 Å². The lowest BCUT2D eigenvalue weighted by Gasteiger charge is -2.08. The molecule has 0 aromatic heterocycles. The monoisotopic (exact) mass is 233 g/mol. The molecule has 2 nitrogen and oxygen atoms in total. The van der Waals surface area contributed by atoms with Crippen molar-refractivity contribution in [3.63, 3.8) is 0 Å². The molecule has 1 N–H and O–H groups in total. The summed E-state index contributed by atoms with van der Waals surface area (Å²) in [7, 11) is 1.56. The Morgan fingerprint density at radius 2 is 1.93 bits per heavy atom. The van der Waals surface area contributed by atoms with Gasteiger partial charge in [0.15, 0.2) is 0 Å². The lowest BCUT2D eigenvalue weighted by Crippen LogP contribution is -2.11. The molecule has 0 unspecified atom stereocenters. The first kappa shape index (κ1) is 12.4. The van der Waals surface area contributed by atoms with E-state index >= 15 is 0 Å². The molecule has 1 rings (SSSR count). The Labute approximate surface area is 91.9 Å². The van der Waals surface area contributed by atoms with Crippen LogP contribution < -0.4 is 0 Å². The average molecular weight is 233 g/mol. The molecule has 0 aliphatic heterocycles. The van der Waals surface area contributed by atoms with E-state index in [4.69, 9.17) is 5.21 Å². The van der Waals surface area contributed by atoms with E-state index < -0.39 is 6.43 Å². The Morgan fingerprint density at radius 3 is 2.40 bits per heavy atom. The molecule has 0 aliphatic carbocycles. The maximum absolute atomic E-state index is 11.9. The summed E-state index contributed by atoms with van der Waals surface area (Å²) >= 11 is 1.13. The zero-order valence-corrected chi connectivity index (χ0v) is 9.18. The number of hydrogen-bond donors (Lipinski definition) is 1. The third-order valence-corrected chi connectivity index (χ3v) is 2.73. The van der Waals surface area contributed by atoms with Crippen LogP contribution in [-0.4, -0.2) is 29.5 Å². The van der Waals surface area contributed by atoms with Crippen LogP contribution in [0.2, 0.25) is 0 Å². The molecule has 0 saturated heterocycles. The number of rotatable bonds is 5. The van der Waals surface area contributed by atoms with Gasteiger partial charge in [0.2, 0.25) is 6.43 Å². The van der Waals surface area contributed by atoms with Gasteiger partial charge in [-0.05, 0) is 17.7 Å². The van der Waals surface area contributed by atoms with Gasteiger partial charge in [-0.25, -0.2) is 8.78 Å².